The highest BCUT2D eigenvalue weighted by atomic mass is 19.4. The predicted octanol–water partition coefficient (Wildman–Crippen LogP) is 4.11. The molecule has 3 rings (SSSR count). The molecule has 2 fully saturated rings. The highest BCUT2D eigenvalue weighted by Gasteiger charge is 2.30. The number of alkyl halides is 3. The second-order valence-corrected chi connectivity index (χ2v) is 7.40. The van der Waals surface area contributed by atoms with Crippen LogP contribution in [0.15, 0.2) is 24.3 Å². The molecule has 2 heterocycles. The van der Waals surface area contributed by atoms with Crippen molar-refractivity contribution in [3.05, 3.63) is 35.4 Å². The van der Waals surface area contributed by atoms with Crippen molar-refractivity contribution >= 4 is 5.91 Å². The molecule has 2 aliphatic heterocycles. The maximum absolute atomic E-state index is 12.6. The molecule has 0 saturated carbocycles. The van der Waals surface area contributed by atoms with E-state index in [1.165, 1.54) is 44.5 Å². The highest BCUT2D eigenvalue weighted by molar-refractivity contribution is 5.76. The number of likely N-dealkylation sites (tertiary alicyclic amines) is 2. The van der Waals surface area contributed by atoms with E-state index in [9.17, 15) is 18.0 Å². The molecule has 0 N–H and O–H groups in total. The summed E-state index contributed by atoms with van der Waals surface area (Å²) in [5.41, 5.74) is 0.127. The quantitative estimate of drug-likeness (QED) is 0.798. The second-order valence-electron chi connectivity index (χ2n) is 7.40. The SMILES string of the molecule is O=C(CCc1ccc(C(F)(F)F)cc1)N1CCC(N2CCCCC2)CC1. The minimum atomic E-state index is -4.31. The van der Waals surface area contributed by atoms with Crippen LogP contribution in [0.2, 0.25) is 0 Å². The average molecular weight is 368 g/mol. The summed E-state index contributed by atoms with van der Waals surface area (Å²) in [5.74, 6) is 0.113. The van der Waals surface area contributed by atoms with Crippen molar-refractivity contribution in [2.45, 2.75) is 57.2 Å². The first-order valence-electron chi connectivity index (χ1n) is 9.61. The van der Waals surface area contributed by atoms with Gasteiger partial charge in [0.15, 0.2) is 0 Å². The Morgan fingerprint density at radius 1 is 0.962 bits per heavy atom. The molecule has 1 amide bonds. The Morgan fingerprint density at radius 2 is 1.58 bits per heavy atom. The van der Waals surface area contributed by atoms with Crippen LogP contribution in [0.5, 0.6) is 0 Å². The lowest BCUT2D eigenvalue weighted by Gasteiger charge is -2.40. The summed E-state index contributed by atoms with van der Waals surface area (Å²) in [6.45, 7) is 3.97. The van der Waals surface area contributed by atoms with Crippen LogP contribution >= 0.6 is 0 Å². The number of aryl methyl sites for hydroxylation is 1. The van der Waals surface area contributed by atoms with Gasteiger partial charge in [-0.2, -0.15) is 13.2 Å². The van der Waals surface area contributed by atoms with Crippen LogP contribution in [-0.2, 0) is 17.4 Å². The van der Waals surface area contributed by atoms with E-state index < -0.39 is 11.7 Å². The number of amides is 1. The van der Waals surface area contributed by atoms with Gasteiger partial charge in [0.25, 0.3) is 0 Å². The van der Waals surface area contributed by atoms with Crippen LogP contribution in [0.25, 0.3) is 0 Å². The first kappa shape index (κ1) is 19.2. The zero-order valence-electron chi connectivity index (χ0n) is 15.1. The zero-order chi connectivity index (χ0) is 18.6. The molecule has 1 aromatic carbocycles. The first-order valence-corrected chi connectivity index (χ1v) is 9.61. The molecular formula is C20H27F3N2O. The van der Waals surface area contributed by atoms with Gasteiger partial charge in [-0.05, 0) is 62.9 Å². The van der Waals surface area contributed by atoms with Crippen molar-refractivity contribution in [2.24, 2.45) is 0 Å². The minimum absolute atomic E-state index is 0.113. The molecule has 0 spiro atoms. The highest BCUT2D eigenvalue weighted by Crippen LogP contribution is 2.29. The molecule has 0 aliphatic carbocycles. The lowest BCUT2D eigenvalue weighted by atomic mass is 9.99. The number of halogens is 3. The Hall–Kier alpha value is -1.56. The van der Waals surface area contributed by atoms with Gasteiger partial charge in [-0.3, -0.25) is 4.79 Å². The number of nitrogens with zero attached hydrogens (tertiary/aromatic N) is 2. The summed E-state index contributed by atoms with van der Waals surface area (Å²) in [6, 6.07) is 5.72. The fourth-order valence-electron chi connectivity index (χ4n) is 4.03. The summed E-state index contributed by atoms with van der Waals surface area (Å²) >= 11 is 0. The lowest BCUT2D eigenvalue weighted by molar-refractivity contribution is -0.137. The van der Waals surface area contributed by atoms with Crippen LogP contribution in [0.1, 0.15) is 49.7 Å². The van der Waals surface area contributed by atoms with Crippen molar-refractivity contribution < 1.29 is 18.0 Å². The molecule has 6 heteroatoms. The van der Waals surface area contributed by atoms with Gasteiger partial charge in [-0.1, -0.05) is 18.6 Å². The van der Waals surface area contributed by atoms with Crippen LogP contribution in [0.4, 0.5) is 13.2 Å². The average Bonchev–Trinajstić information content (AvgIpc) is 2.66. The van der Waals surface area contributed by atoms with E-state index in [1.54, 1.807) is 0 Å². The van der Waals surface area contributed by atoms with Gasteiger partial charge in [0.2, 0.25) is 5.91 Å². The Balaban J connectivity index is 1.43. The van der Waals surface area contributed by atoms with Crippen molar-refractivity contribution in [1.29, 1.82) is 0 Å². The molecule has 0 unspecified atom stereocenters. The largest absolute Gasteiger partial charge is 0.416 e. The van der Waals surface area contributed by atoms with Gasteiger partial charge in [0, 0.05) is 25.6 Å². The second kappa shape index (κ2) is 8.42. The predicted molar refractivity (Wildman–Crippen MR) is 94.8 cm³/mol. The Labute approximate surface area is 153 Å². The zero-order valence-corrected chi connectivity index (χ0v) is 15.1. The smallest absolute Gasteiger partial charge is 0.343 e. The topological polar surface area (TPSA) is 23.6 Å². The molecule has 1 aromatic rings. The number of hydrogen-bond donors (Lipinski definition) is 0. The number of rotatable bonds is 4. The summed E-state index contributed by atoms with van der Waals surface area (Å²) < 4.78 is 37.7. The van der Waals surface area contributed by atoms with Crippen molar-refractivity contribution in [3.8, 4) is 0 Å². The third-order valence-corrected chi connectivity index (χ3v) is 5.63. The molecular weight excluding hydrogens is 341 g/mol. The summed E-state index contributed by atoms with van der Waals surface area (Å²) in [7, 11) is 0. The van der Waals surface area contributed by atoms with E-state index in [2.05, 4.69) is 4.90 Å². The summed E-state index contributed by atoms with van der Waals surface area (Å²) in [5, 5.41) is 0. The van der Waals surface area contributed by atoms with Gasteiger partial charge in [-0.15, -0.1) is 0 Å². The van der Waals surface area contributed by atoms with Crippen molar-refractivity contribution in [2.75, 3.05) is 26.2 Å². The third kappa shape index (κ3) is 5.00. The van der Waals surface area contributed by atoms with Crippen LogP contribution in [-0.4, -0.2) is 47.9 Å². The van der Waals surface area contributed by atoms with E-state index in [1.807, 2.05) is 4.90 Å². The van der Waals surface area contributed by atoms with Gasteiger partial charge < -0.3 is 9.80 Å². The molecule has 3 nitrogen and oxygen atoms in total. The van der Waals surface area contributed by atoms with E-state index in [0.717, 1.165) is 43.6 Å². The van der Waals surface area contributed by atoms with Crippen LogP contribution in [0.3, 0.4) is 0 Å². The van der Waals surface area contributed by atoms with E-state index in [4.69, 9.17) is 0 Å². The number of carbonyl (C=O) groups is 1. The van der Waals surface area contributed by atoms with Crippen LogP contribution in [0, 0.1) is 0 Å². The van der Waals surface area contributed by atoms with E-state index >= 15 is 0 Å². The Kier molecular flexibility index (Phi) is 6.22. The molecule has 0 radical (unpaired) electrons. The first-order chi connectivity index (χ1) is 12.4. The monoisotopic (exact) mass is 368 g/mol. The summed E-state index contributed by atoms with van der Waals surface area (Å²) in [6.07, 6.45) is 2.50. The van der Waals surface area contributed by atoms with Crippen molar-refractivity contribution in [3.63, 3.8) is 0 Å². The fourth-order valence-corrected chi connectivity index (χ4v) is 4.03. The van der Waals surface area contributed by atoms with Gasteiger partial charge in [0.1, 0.15) is 0 Å². The van der Waals surface area contributed by atoms with Crippen LogP contribution < -0.4 is 0 Å². The number of piperidine rings is 2. The molecule has 144 valence electrons. The van der Waals surface area contributed by atoms with E-state index in [0.29, 0.717) is 18.9 Å². The number of hydrogen-bond acceptors (Lipinski definition) is 2. The number of carbonyl (C=O) groups excluding carboxylic acids is 1. The lowest BCUT2D eigenvalue weighted by Crippen LogP contribution is -2.48. The summed E-state index contributed by atoms with van der Waals surface area (Å²) in [4.78, 5) is 16.9. The Bertz CT molecular complexity index is 586. The molecule has 0 aromatic heterocycles. The molecule has 26 heavy (non-hydrogen) atoms. The minimum Gasteiger partial charge on any atom is -0.343 e. The molecule has 0 bridgehead atoms. The molecule has 2 saturated heterocycles. The van der Waals surface area contributed by atoms with Gasteiger partial charge in [-0.25, -0.2) is 0 Å². The van der Waals surface area contributed by atoms with Gasteiger partial charge in [0.05, 0.1) is 5.56 Å². The normalized spacial score (nSPS) is 20.3. The standard InChI is InChI=1S/C20H27F3N2O/c21-20(22,23)17-7-4-16(5-8-17)6-9-19(26)25-14-10-18(11-15-25)24-12-2-1-3-13-24/h4-5,7-8,18H,1-3,6,9-15H2. The number of benzene rings is 1. The third-order valence-electron chi connectivity index (χ3n) is 5.63. The van der Waals surface area contributed by atoms with Gasteiger partial charge >= 0.3 is 6.18 Å². The molecule has 2 aliphatic rings. The Morgan fingerprint density at radius 3 is 2.15 bits per heavy atom. The fraction of sp³-hybridized carbons (Fsp3) is 0.650. The maximum Gasteiger partial charge on any atom is 0.416 e. The van der Waals surface area contributed by atoms with Crippen molar-refractivity contribution in [1.82, 2.24) is 9.80 Å². The molecule has 0 atom stereocenters. The maximum atomic E-state index is 12.6. The van der Waals surface area contributed by atoms with E-state index in [-0.39, 0.29) is 5.91 Å².